The number of nitrogens with one attached hydrogen (secondary N) is 1. The van der Waals surface area contributed by atoms with Crippen molar-refractivity contribution < 1.29 is 19.4 Å². The number of anilines is 1. The Bertz CT molecular complexity index is 593. The number of fused-ring (bicyclic) bond motifs is 1. The first-order chi connectivity index (χ1) is 8.10. The Labute approximate surface area is 99.8 Å². The van der Waals surface area contributed by atoms with Gasteiger partial charge in [-0.05, 0) is 18.2 Å². The van der Waals surface area contributed by atoms with Gasteiger partial charge in [-0.25, -0.2) is 4.98 Å². The fourth-order valence-electron chi connectivity index (χ4n) is 1.23. The van der Waals surface area contributed by atoms with Gasteiger partial charge >= 0.3 is 0 Å². The average molecular weight is 251 g/mol. The van der Waals surface area contributed by atoms with E-state index < -0.39 is 11.9 Å². The van der Waals surface area contributed by atoms with Crippen molar-refractivity contribution in [2.24, 2.45) is 0 Å². The number of carboxylic acids is 1. The highest BCUT2D eigenvalue weighted by molar-refractivity contribution is 7.22. The van der Waals surface area contributed by atoms with Gasteiger partial charge in [0.25, 0.3) is 5.91 Å². The molecule has 1 aromatic carbocycles. The van der Waals surface area contributed by atoms with Crippen LogP contribution in [0.15, 0.2) is 18.2 Å². The van der Waals surface area contributed by atoms with E-state index in [0.29, 0.717) is 11.3 Å². The largest absolute Gasteiger partial charge is 0.540 e. The van der Waals surface area contributed by atoms with E-state index in [1.807, 2.05) is 0 Å². The first-order valence-electron chi connectivity index (χ1n) is 4.57. The summed E-state index contributed by atoms with van der Waals surface area (Å²) in [7, 11) is 1.54. The number of ether oxygens (including phenoxy) is 1. The van der Waals surface area contributed by atoms with Crippen LogP contribution in [0.2, 0.25) is 0 Å². The molecule has 0 fully saturated rings. The van der Waals surface area contributed by atoms with Gasteiger partial charge in [-0.2, -0.15) is 0 Å². The molecule has 0 unspecified atom stereocenters. The van der Waals surface area contributed by atoms with E-state index in [4.69, 9.17) is 4.74 Å². The molecule has 0 aliphatic rings. The molecule has 0 bridgehead atoms. The lowest BCUT2D eigenvalue weighted by Gasteiger charge is -1.99. The summed E-state index contributed by atoms with van der Waals surface area (Å²) in [6.45, 7) is 0. The van der Waals surface area contributed by atoms with E-state index in [1.54, 1.807) is 25.3 Å². The smallest absolute Gasteiger partial charge is 0.273 e. The van der Waals surface area contributed by atoms with Gasteiger partial charge in [0.1, 0.15) is 11.7 Å². The number of hydrogen-bond donors (Lipinski definition) is 1. The van der Waals surface area contributed by atoms with Crippen LogP contribution in [-0.4, -0.2) is 24.0 Å². The number of rotatable bonds is 2. The van der Waals surface area contributed by atoms with Crippen LogP contribution in [0.1, 0.15) is 0 Å². The van der Waals surface area contributed by atoms with E-state index in [9.17, 15) is 14.7 Å². The predicted molar refractivity (Wildman–Crippen MR) is 59.8 cm³/mol. The molecule has 1 heterocycles. The zero-order chi connectivity index (χ0) is 12.4. The van der Waals surface area contributed by atoms with E-state index in [2.05, 4.69) is 10.3 Å². The van der Waals surface area contributed by atoms with Crippen molar-refractivity contribution in [3.63, 3.8) is 0 Å². The standard InChI is InChI=1S/C10H8N2O4S/c1-16-5-2-3-6-7(4-5)17-10(11-6)12-8(13)9(14)15/h2-4H,1H3,(H,14,15)(H,11,12,13)/p-1. The van der Waals surface area contributed by atoms with Crippen LogP contribution in [0, 0.1) is 0 Å². The molecule has 2 rings (SSSR count). The van der Waals surface area contributed by atoms with Crippen molar-refractivity contribution in [1.82, 2.24) is 4.98 Å². The quantitative estimate of drug-likeness (QED) is 0.758. The molecule has 6 nitrogen and oxygen atoms in total. The average Bonchev–Trinajstić information content (AvgIpc) is 2.69. The number of thiazole rings is 1. The third-order valence-electron chi connectivity index (χ3n) is 2.00. The van der Waals surface area contributed by atoms with Gasteiger partial charge < -0.3 is 14.6 Å². The number of aliphatic carboxylic acids is 1. The van der Waals surface area contributed by atoms with Gasteiger partial charge in [0, 0.05) is 0 Å². The molecular formula is C10H7N2O4S-. The molecule has 0 aliphatic heterocycles. The van der Waals surface area contributed by atoms with Crippen LogP contribution in [-0.2, 0) is 9.59 Å². The monoisotopic (exact) mass is 251 g/mol. The van der Waals surface area contributed by atoms with Crippen molar-refractivity contribution in [1.29, 1.82) is 0 Å². The van der Waals surface area contributed by atoms with Gasteiger partial charge in [-0.3, -0.25) is 10.1 Å². The molecule has 0 spiro atoms. The normalized spacial score (nSPS) is 10.2. The number of nitrogens with zero attached hydrogens (tertiary/aromatic N) is 1. The Morgan fingerprint density at radius 2 is 2.24 bits per heavy atom. The second kappa shape index (κ2) is 4.38. The van der Waals surface area contributed by atoms with Crippen molar-refractivity contribution in [3.8, 4) is 5.75 Å². The molecule has 0 radical (unpaired) electrons. The molecule has 0 atom stereocenters. The third-order valence-corrected chi connectivity index (χ3v) is 2.94. The third kappa shape index (κ3) is 2.34. The molecule has 88 valence electrons. The highest BCUT2D eigenvalue weighted by atomic mass is 32.1. The zero-order valence-corrected chi connectivity index (χ0v) is 9.54. The Morgan fingerprint density at radius 1 is 1.47 bits per heavy atom. The highest BCUT2D eigenvalue weighted by Gasteiger charge is 2.08. The maximum absolute atomic E-state index is 10.9. The summed E-state index contributed by atoms with van der Waals surface area (Å²) in [4.78, 5) is 25.2. The maximum atomic E-state index is 10.9. The van der Waals surface area contributed by atoms with E-state index in [-0.39, 0.29) is 5.13 Å². The van der Waals surface area contributed by atoms with Crippen molar-refractivity contribution >= 4 is 38.6 Å². The molecular weight excluding hydrogens is 244 g/mol. The van der Waals surface area contributed by atoms with E-state index in [0.717, 1.165) is 16.0 Å². The minimum absolute atomic E-state index is 0.211. The van der Waals surface area contributed by atoms with Crippen LogP contribution in [0.4, 0.5) is 5.13 Å². The summed E-state index contributed by atoms with van der Waals surface area (Å²) in [5.74, 6) is -2.34. The lowest BCUT2D eigenvalue weighted by atomic mass is 10.3. The summed E-state index contributed by atoms with van der Waals surface area (Å²) in [6.07, 6.45) is 0. The Balaban J connectivity index is 2.31. The molecule has 7 heteroatoms. The Kier molecular flexibility index (Phi) is 2.92. The number of hydrogen-bond acceptors (Lipinski definition) is 6. The number of methoxy groups -OCH3 is 1. The fourth-order valence-corrected chi connectivity index (χ4v) is 2.12. The number of amides is 1. The first kappa shape index (κ1) is 11.3. The lowest BCUT2D eigenvalue weighted by molar-refractivity contribution is -0.299. The first-order valence-corrected chi connectivity index (χ1v) is 5.38. The number of benzene rings is 1. The van der Waals surface area contributed by atoms with Crippen molar-refractivity contribution in [2.45, 2.75) is 0 Å². The van der Waals surface area contributed by atoms with Crippen LogP contribution in [0.3, 0.4) is 0 Å². The molecule has 0 aliphatic carbocycles. The second-order valence-corrected chi connectivity index (χ2v) is 4.12. The lowest BCUT2D eigenvalue weighted by Crippen LogP contribution is -2.36. The maximum Gasteiger partial charge on any atom is 0.273 e. The fraction of sp³-hybridized carbons (Fsp3) is 0.100. The van der Waals surface area contributed by atoms with Crippen LogP contribution >= 0.6 is 11.3 Å². The SMILES string of the molecule is COc1ccc2nc(NC(=O)C(=O)[O-])sc2c1. The summed E-state index contributed by atoms with van der Waals surface area (Å²) in [5, 5.41) is 12.6. The summed E-state index contributed by atoms with van der Waals surface area (Å²) >= 11 is 1.16. The van der Waals surface area contributed by atoms with Crippen LogP contribution < -0.4 is 15.2 Å². The molecule has 1 N–H and O–H groups in total. The van der Waals surface area contributed by atoms with E-state index >= 15 is 0 Å². The Morgan fingerprint density at radius 3 is 2.88 bits per heavy atom. The molecule has 17 heavy (non-hydrogen) atoms. The van der Waals surface area contributed by atoms with Gasteiger partial charge in [0.05, 0.1) is 17.3 Å². The van der Waals surface area contributed by atoms with Gasteiger partial charge in [0.2, 0.25) is 0 Å². The minimum atomic E-state index is -1.79. The van der Waals surface area contributed by atoms with Crippen molar-refractivity contribution in [3.05, 3.63) is 18.2 Å². The molecule has 1 amide bonds. The van der Waals surface area contributed by atoms with Crippen LogP contribution in [0.25, 0.3) is 10.2 Å². The molecule has 0 saturated heterocycles. The minimum Gasteiger partial charge on any atom is -0.540 e. The van der Waals surface area contributed by atoms with Gasteiger partial charge in [-0.1, -0.05) is 11.3 Å². The molecule has 1 aromatic heterocycles. The summed E-state index contributed by atoms with van der Waals surface area (Å²) < 4.78 is 5.83. The predicted octanol–water partition coefficient (Wildman–Crippen LogP) is -0.00670. The number of carboxylic acid groups (broad SMARTS) is 1. The molecule has 2 aromatic rings. The molecule has 0 saturated carbocycles. The van der Waals surface area contributed by atoms with Crippen molar-refractivity contribution in [2.75, 3.05) is 12.4 Å². The van der Waals surface area contributed by atoms with Crippen LogP contribution in [0.5, 0.6) is 5.75 Å². The second-order valence-electron chi connectivity index (χ2n) is 3.09. The van der Waals surface area contributed by atoms with Gasteiger partial charge in [-0.15, -0.1) is 0 Å². The summed E-state index contributed by atoms with van der Waals surface area (Å²) in [6, 6.07) is 5.20. The van der Waals surface area contributed by atoms with Gasteiger partial charge in [0.15, 0.2) is 5.13 Å². The summed E-state index contributed by atoms with van der Waals surface area (Å²) in [5.41, 5.74) is 0.657. The topological polar surface area (TPSA) is 91.3 Å². The number of carbonyl (C=O) groups is 2. The Hall–Kier alpha value is -2.15. The highest BCUT2D eigenvalue weighted by Crippen LogP contribution is 2.28. The number of carbonyl (C=O) groups excluding carboxylic acids is 2. The zero-order valence-electron chi connectivity index (χ0n) is 8.72. The van der Waals surface area contributed by atoms with E-state index in [1.165, 1.54) is 0 Å². The number of aromatic nitrogens is 1.